The minimum Gasteiger partial charge on any atom is -0.537 e. The summed E-state index contributed by atoms with van der Waals surface area (Å²) in [5.41, 5.74) is 9.04. The third-order valence-corrected chi connectivity index (χ3v) is 13.3. The Hall–Kier alpha value is -7.30. The SMILES string of the molecule is Cc1cccc(COCc2c3ccccc3c(CN(C)C(=O)c3ccc(C(=O)N(C)Cc4c5ccccc5c(COCc5cccc(O[B]O)c5)c5ccccc45)cc3C(C)(C)C)c3ccccc23)c1. The first kappa shape index (κ1) is 47.8. The number of carbonyl (C=O) groups is 2. The van der Waals surface area contributed by atoms with Crippen LogP contribution in [-0.4, -0.2) is 48.4 Å². The molecule has 0 saturated carbocycles. The van der Waals surface area contributed by atoms with Gasteiger partial charge < -0.3 is 29.0 Å². The maximum Gasteiger partial charge on any atom is 0.569 e. The molecule has 9 aromatic rings. The number of carbonyl (C=O) groups excluding carboxylic acids is 2. The molecule has 9 aromatic carbocycles. The molecule has 0 aromatic heterocycles. The minimum absolute atomic E-state index is 0.110. The van der Waals surface area contributed by atoms with Crippen LogP contribution in [0.1, 0.15) is 86.0 Å². The van der Waals surface area contributed by atoms with E-state index in [0.717, 1.165) is 82.0 Å². The van der Waals surface area contributed by atoms with Gasteiger partial charge in [-0.25, -0.2) is 0 Å². The second-order valence-corrected chi connectivity index (χ2v) is 19.3. The second kappa shape index (κ2) is 20.7. The van der Waals surface area contributed by atoms with Crippen LogP contribution in [0.25, 0.3) is 43.1 Å². The monoisotopic (exact) mass is 925 g/mol. The summed E-state index contributed by atoms with van der Waals surface area (Å²) in [6.45, 7) is 10.8. The number of hydrogen-bond donors (Lipinski definition) is 1. The van der Waals surface area contributed by atoms with E-state index in [0.29, 0.717) is 64.1 Å². The number of hydrogen-bond acceptors (Lipinski definition) is 6. The average molecular weight is 926 g/mol. The summed E-state index contributed by atoms with van der Waals surface area (Å²) < 4.78 is 17.8. The molecule has 9 heteroatoms. The van der Waals surface area contributed by atoms with E-state index >= 15 is 0 Å². The largest absolute Gasteiger partial charge is 0.569 e. The number of ether oxygens (including phenoxy) is 2. The van der Waals surface area contributed by atoms with Crippen LogP contribution in [0.5, 0.6) is 5.75 Å². The van der Waals surface area contributed by atoms with Crippen LogP contribution in [0.4, 0.5) is 0 Å². The molecule has 0 fully saturated rings. The highest BCUT2D eigenvalue weighted by molar-refractivity contribution is 6.17. The Morgan fingerprint density at radius 3 is 1.37 bits per heavy atom. The zero-order valence-electron chi connectivity index (χ0n) is 40.8. The van der Waals surface area contributed by atoms with Crippen molar-refractivity contribution >= 4 is 62.6 Å². The zero-order valence-corrected chi connectivity index (χ0v) is 40.8. The molecule has 1 N–H and O–H groups in total. The van der Waals surface area contributed by atoms with Crippen LogP contribution < -0.4 is 4.65 Å². The zero-order chi connectivity index (χ0) is 48.9. The predicted octanol–water partition coefficient (Wildman–Crippen LogP) is 12.8. The van der Waals surface area contributed by atoms with Crippen molar-refractivity contribution < 1.29 is 28.7 Å². The Labute approximate surface area is 411 Å². The fourth-order valence-electron chi connectivity index (χ4n) is 9.91. The van der Waals surface area contributed by atoms with Crippen LogP contribution in [0, 0.1) is 6.92 Å². The van der Waals surface area contributed by atoms with E-state index in [2.05, 4.69) is 125 Å². The van der Waals surface area contributed by atoms with Gasteiger partial charge in [-0.15, -0.1) is 0 Å². The van der Waals surface area contributed by atoms with Crippen molar-refractivity contribution in [1.29, 1.82) is 0 Å². The minimum atomic E-state index is -0.445. The Morgan fingerprint density at radius 1 is 0.500 bits per heavy atom. The van der Waals surface area contributed by atoms with Gasteiger partial charge in [-0.1, -0.05) is 160 Å². The Bertz CT molecular complexity index is 3280. The lowest BCUT2D eigenvalue weighted by Gasteiger charge is -2.27. The number of amides is 2. The van der Waals surface area contributed by atoms with Crippen LogP contribution in [0.15, 0.2) is 164 Å². The standard InChI is InChI=1S/C61H58BN2O6/c1-40-17-15-18-41(31-40)36-68-38-56-51-27-13-9-23-47(51)55(48-24-10-14-28-52(48)56)35-64(6)60(66)53-30-29-43(33-58(53)61(2,3)4)59(65)63(5)34-54-45-21-7-11-25-49(45)57(50-26-12-8-22-46(50)54)39-69-37-42-19-16-20-44(32-42)70-62-67/h7-33,67H,34-39H2,1-6H3. The highest BCUT2D eigenvalue weighted by Crippen LogP contribution is 2.37. The summed E-state index contributed by atoms with van der Waals surface area (Å²) in [7, 11) is 4.38. The summed E-state index contributed by atoms with van der Waals surface area (Å²) in [6.07, 6.45) is 0. The van der Waals surface area contributed by atoms with Crippen molar-refractivity contribution in [2.45, 2.75) is 72.6 Å². The molecule has 70 heavy (non-hydrogen) atoms. The van der Waals surface area contributed by atoms with Gasteiger partial charge in [0.15, 0.2) is 0 Å². The summed E-state index contributed by atoms with van der Waals surface area (Å²) in [6, 6.07) is 54.8. The Morgan fingerprint density at radius 2 is 0.929 bits per heavy atom. The first-order chi connectivity index (χ1) is 33.9. The highest BCUT2D eigenvalue weighted by atomic mass is 16.5. The Balaban J connectivity index is 0.967. The summed E-state index contributed by atoms with van der Waals surface area (Å²) in [5, 5.41) is 17.7. The molecule has 0 heterocycles. The topological polar surface area (TPSA) is 88.5 Å². The number of aryl methyl sites for hydroxylation is 1. The van der Waals surface area contributed by atoms with Crippen LogP contribution in [0.2, 0.25) is 0 Å². The maximum atomic E-state index is 14.8. The lowest BCUT2D eigenvalue weighted by Crippen LogP contribution is -2.31. The summed E-state index contributed by atoms with van der Waals surface area (Å²) >= 11 is 0. The van der Waals surface area contributed by atoms with Crippen molar-refractivity contribution in [3.8, 4) is 5.75 Å². The molecule has 351 valence electrons. The smallest absolute Gasteiger partial charge is 0.537 e. The molecule has 0 saturated heterocycles. The molecule has 0 unspecified atom stereocenters. The third-order valence-electron chi connectivity index (χ3n) is 13.3. The van der Waals surface area contributed by atoms with Gasteiger partial charge in [-0.3, -0.25) is 9.59 Å². The first-order valence-electron chi connectivity index (χ1n) is 23.8. The lowest BCUT2D eigenvalue weighted by atomic mass is 9.82. The summed E-state index contributed by atoms with van der Waals surface area (Å²) in [4.78, 5) is 32.9. The molecule has 2 amide bonds. The van der Waals surface area contributed by atoms with Gasteiger partial charge in [0, 0.05) is 38.3 Å². The summed E-state index contributed by atoms with van der Waals surface area (Å²) in [5.74, 6) is 0.285. The first-order valence-corrected chi connectivity index (χ1v) is 23.8. The number of fused-ring (bicyclic) bond motifs is 4. The van der Waals surface area contributed by atoms with E-state index in [1.165, 1.54) is 5.56 Å². The highest BCUT2D eigenvalue weighted by Gasteiger charge is 2.28. The van der Waals surface area contributed by atoms with Crippen molar-refractivity contribution in [3.63, 3.8) is 0 Å². The van der Waals surface area contributed by atoms with Crippen molar-refractivity contribution in [3.05, 3.63) is 219 Å². The number of benzene rings is 9. The van der Waals surface area contributed by atoms with Gasteiger partial charge in [0.25, 0.3) is 11.8 Å². The Kier molecular flexibility index (Phi) is 14.2. The second-order valence-electron chi connectivity index (χ2n) is 19.3. The van der Waals surface area contributed by atoms with Gasteiger partial charge >= 0.3 is 7.69 Å². The van der Waals surface area contributed by atoms with Crippen LogP contribution in [-0.2, 0) is 54.4 Å². The molecule has 0 bridgehead atoms. The normalized spacial score (nSPS) is 11.6. The van der Waals surface area contributed by atoms with Crippen molar-refractivity contribution in [2.75, 3.05) is 14.1 Å². The fourth-order valence-corrected chi connectivity index (χ4v) is 9.91. The molecular weight excluding hydrogens is 867 g/mol. The van der Waals surface area contributed by atoms with E-state index in [1.807, 2.05) is 68.7 Å². The number of rotatable bonds is 16. The molecule has 0 spiro atoms. The van der Waals surface area contributed by atoms with Crippen molar-refractivity contribution in [1.82, 2.24) is 9.80 Å². The van der Waals surface area contributed by atoms with Gasteiger partial charge in [-0.05, 0) is 125 Å². The van der Waals surface area contributed by atoms with Gasteiger partial charge in [-0.2, -0.15) is 0 Å². The molecule has 0 aliphatic rings. The quantitative estimate of drug-likeness (QED) is 0.0767. The van der Waals surface area contributed by atoms with Gasteiger partial charge in [0.1, 0.15) is 5.75 Å². The van der Waals surface area contributed by atoms with Crippen LogP contribution >= 0.6 is 0 Å². The van der Waals surface area contributed by atoms with E-state index in [-0.39, 0.29) is 11.8 Å². The van der Waals surface area contributed by atoms with E-state index < -0.39 is 5.41 Å². The van der Waals surface area contributed by atoms with Gasteiger partial charge in [0.2, 0.25) is 0 Å². The predicted molar refractivity (Wildman–Crippen MR) is 283 cm³/mol. The maximum absolute atomic E-state index is 14.8. The fraction of sp³-hybridized carbons (Fsp3) is 0.213. The van der Waals surface area contributed by atoms with Crippen LogP contribution in [0.3, 0.4) is 0 Å². The van der Waals surface area contributed by atoms with Gasteiger partial charge in [0.05, 0.1) is 26.4 Å². The molecule has 9 rings (SSSR count). The number of nitrogens with zero attached hydrogens (tertiary/aromatic N) is 2. The van der Waals surface area contributed by atoms with Crippen molar-refractivity contribution in [2.24, 2.45) is 0 Å². The molecule has 0 aliphatic heterocycles. The molecule has 1 radical (unpaired) electrons. The van der Waals surface area contributed by atoms with E-state index in [4.69, 9.17) is 19.2 Å². The third kappa shape index (κ3) is 10.1. The molecule has 0 aliphatic carbocycles. The molecule has 8 nitrogen and oxygen atoms in total. The average Bonchev–Trinajstić information content (AvgIpc) is 3.37. The molecular formula is C61H58BN2O6. The van der Waals surface area contributed by atoms with E-state index in [9.17, 15) is 9.59 Å². The lowest BCUT2D eigenvalue weighted by molar-refractivity contribution is 0.0772. The van der Waals surface area contributed by atoms with E-state index in [1.54, 1.807) is 21.9 Å². The molecule has 0 atom stereocenters.